The van der Waals surface area contributed by atoms with Gasteiger partial charge in [-0.05, 0) is 12.1 Å². The fourth-order valence-corrected chi connectivity index (χ4v) is 1.55. The topological polar surface area (TPSA) is 75.2 Å². The minimum Gasteiger partial charge on any atom is -0.384 e. The molecule has 0 amide bonds. The van der Waals surface area contributed by atoms with E-state index in [1.165, 1.54) is 0 Å². The number of anilines is 1. The van der Waals surface area contributed by atoms with E-state index in [1.54, 1.807) is 12.3 Å². The minimum atomic E-state index is 0.0758. The summed E-state index contributed by atoms with van der Waals surface area (Å²) in [7, 11) is 0. The maximum absolute atomic E-state index is 7.35. The molecule has 1 saturated heterocycles. The molecule has 2 heterocycles. The highest BCUT2D eigenvalue weighted by atomic mass is 16.5. The summed E-state index contributed by atoms with van der Waals surface area (Å²) in [5.74, 6) is 0.943. The maximum Gasteiger partial charge on any atom is 0.129 e. The summed E-state index contributed by atoms with van der Waals surface area (Å²) in [6.45, 7) is 3.14. The summed E-state index contributed by atoms with van der Waals surface area (Å²) in [6.07, 6.45) is 1.68. The van der Waals surface area contributed by atoms with E-state index in [1.807, 2.05) is 6.07 Å². The summed E-state index contributed by atoms with van der Waals surface area (Å²) in [6, 6.07) is 3.58. The number of morpholine rings is 1. The predicted molar refractivity (Wildman–Crippen MR) is 58.3 cm³/mol. The first-order chi connectivity index (χ1) is 7.27. The molecule has 0 bridgehead atoms. The zero-order valence-electron chi connectivity index (χ0n) is 8.44. The number of aromatic nitrogens is 1. The first-order valence-corrected chi connectivity index (χ1v) is 4.90. The van der Waals surface area contributed by atoms with Gasteiger partial charge in [0.05, 0.1) is 13.2 Å². The summed E-state index contributed by atoms with van der Waals surface area (Å²) < 4.78 is 5.26. The van der Waals surface area contributed by atoms with Crippen molar-refractivity contribution in [3.8, 4) is 0 Å². The van der Waals surface area contributed by atoms with Crippen LogP contribution in [0.3, 0.4) is 0 Å². The highest BCUT2D eigenvalue weighted by molar-refractivity contribution is 5.95. The number of ether oxygens (including phenoxy) is 1. The normalized spacial score (nSPS) is 16.4. The Kier molecular flexibility index (Phi) is 2.82. The number of nitrogens with zero attached hydrogens (tertiary/aromatic N) is 2. The van der Waals surface area contributed by atoms with E-state index in [4.69, 9.17) is 15.9 Å². The molecule has 2 rings (SSSR count). The van der Waals surface area contributed by atoms with Gasteiger partial charge in [-0.3, -0.25) is 5.41 Å². The summed E-state index contributed by atoms with van der Waals surface area (Å²) in [5, 5.41) is 7.35. The quantitative estimate of drug-likeness (QED) is 0.535. The third-order valence-electron chi connectivity index (χ3n) is 2.39. The molecule has 15 heavy (non-hydrogen) atoms. The molecule has 0 saturated carbocycles. The molecule has 0 unspecified atom stereocenters. The Balaban J connectivity index is 2.19. The van der Waals surface area contributed by atoms with Crippen molar-refractivity contribution < 1.29 is 4.74 Å². The van der Waals surface area contributed by atoms with Crippen molar-refractivity contribution in [2.24, 2.45) is 5.73 Å². The van der Waals surface area contributed by atoms with Crippen LogP contribution in [0.1, 0.15) is 5.56 Å². The molecule has 5 heteroatoms. The van der Waals surface area contributed by atoms with Crippen LogP contribution in [0.2, 0.25) is 0 Å². The average molecular weight is 206 g/mol. The Hall–Kier alpha value is -1.62. The molecule has 0 aliphatic carbocycles. The van der Waals surface area contributed by atoms with Crippen LogP contribution in [-0.4, -0.2) is 37.1 Å². The lowest BCUT2D eigenvalue weighted by atomic mass is 10.2. The predicted octanol–water partition coefficient (Wildman–Crippen LogP) is 0.202. The van der Waals surface area contributed by atoms with Crippen LogP contribution in [0.15, 0.2) is 18.3 Å². The van der Waals surface area contributed by atoms with Crippen LogP contribution in [0, 0.1) is 5.41 Å². The summed E-state index contributed by atoms with van der Waals surface area (Å²) in [4.78, 5) is 6.40. The Morgan fingerprint density at radius 1 is 1.47 bits per heavy atom. The summed E-state index contributed by atoms with van der Waals surface area (Å²) in [5.41, 5.74) is 6.14. The van der Waals surface area contributed by atoms with Gasteiger partial charge in [0.1, 0.15) is 11.7 Å². The molecule has 5 nitrogen and oxygen atoms in total. The molecule has 0 radical (unpaired) electrons. The van der Waals surface area contributed by atoms with Crippen molar-refractivity contribution in [3.63, 3.8) is 0 Å². The van der Waals surface area contributed by atoms with Gasteiger partial charge in [-0.15, -0.1) is 0 Å². The Morgan fingerprint density at radius 3 is 2.87 bits per heavy atom. The Bertz CT molecular complexity index is 360. The van der Waals surface area contributed by atoms with Crippen LogP contribution < -0.4 is 10.6 Å². The first-order valence-electron chi connectivity index (χ1n) is 4.90. The van der Waals surface area contributed by atoms with E-state index >= 15 is 0 Å². The van der Waals surface area contributed by atoms with Crippen LogP contribution in [0.5, 0.6) is 0 Å². The van der Waals surface area contributed by atoms with Gasteiger partial charge in [0.15, 0.2) is 0 Å². The zero-order valence-corrected chi connectivity index (χ0v) is 8.44. The van der Waals surface area contributed by atoms with Crippen LogP contribution in [0.4, 0.5) is 5.82 Å². The smallest absolute Gasteiger partial charge is 0.129 e. The second-order valence-corrected chi connectivity index (χ2v) is 3.42. The van der Waals surface area contributed by atoms with Crippen molar-refractivity contribution in [1.29, 1.82) is 5.41 Å². The van der Waals surface area contributed by atoms with E-state index in [0.29, 0.717) is 5.56 Å². The van der Waals surface area contributed by atoms with Gasteiger partial charge in [-0.2, -0.15) is 0 Å². The molecule has 0 spiro atoms. The van der Waals surface area contributed by atoms with E-state index < -0.39 is 0 Å². The number of nitrogen functional groups attached to an aromatic ring is 1. The van der Waals surface area contributed by atoms with Gasteiger partial charge in [-0.25, -0.2) is 4.98 Å². The maximum atomic E-state index is 7.35. The lowest BCUT2D eigenvalue weighted by Crippen LogP contribution is -2.36. The van der Waals surface area contributed by atoms with Crippen molar-refractivity contribution in [3.05, 3.63) is 23.9 Å². The van der Waals surface area contributed by atoms with Gasteiger partial charge in [0.2, 0.25) is 0 Å². The van der Waals surface area contributed by atoms with E-state index in [2.05, 4.69) is 9.88 Å². The van der Waals surface area contributed by atoms with Crippen molar-refractivity contribution >= 4 is 11.7 Å². The fourth-order valence-electron chi connectivity index (χ4n) is 1.55. The van der Waals surface area contributed by atoms with Crippen molar-refractivity contribution in [1.82, 2.24) is 4.98 Å². The number of hydrogen-bond donors (Lipinski definition) is 2. The molecule has 0 aromatic carbocycles. The average Bonchev–Trinajstić information content (AvgIpc) is 2.30. The summed E-state index contributed by atoms with van der Waals surface area (Å²) >= 11 is 0. The standard InChI is InChI=1S/C10H14N4O/c11-10(12)8-1-2-13-9(7-8)14-3-5-15-6-4-14/h1-2,7H,3-6H2,(H3,11,12). The van der Waals surface area contributed by atoms with Crippen LogP contribution >= 0.6 is 0 Å². The molecule has 1 fully saturated rings. The van der Waals surface area contributed by atoms with E-state index in [9.17, 15) is 0 Å². The monoisotopic (exact) mass is 206 g/mol. The number of nitrogens with one attached hydrogen (secondary N) is 1. The highest BCUT2D eigenvalue weighted by Gasteiger charge is 2.12. The molecule has 3 N–H and O–H groups in total. The lowest BCUT2D eigenvalue weighted by Gasteiger charge is -2.27. The third-order valence-corrected chi connectivity index (χ3v) is 2.39. The van der Waals surface area contributed by atoms with Gasteiger partial charge >= 0.3 is 0 Å². The van der Waals surface area contributed by atoms with Crippen LogP contribution in [0.25, 0.3) is 0 Å². The van der Waals surface area contributed by atoms with E-state index in [0.717, 1.165) is 32.1 Å². The molecule has 0 atom stereocenters. The lowest BCUT2D eigenvalue weighted by molar-refractivity contribution is 0.122. The highest BCUT2D eigenvalue weighted by Crippen LogP contribution is 2.13. The van der Waals surface area contributed by atoms with Gasteiger partial charge in [0, 0.05) is 24.8 Å². The van der Waals surface area contributed by atoms with Gasteiger partial charge < -0.3 is 15.4 Å². The SMILES string of the molecule is N=C(N)c1ccnc(N2CCOCC2)c1. The number of rotatable bonds is 2. The molecule has 80 valence electrons. The number of nitrogens with two attached hydrogens (primary N) is 1. The van der Waals surface area contributed by atoms with Crippen molar-refractivity contribution in [2.75, 3.05) is 31.2 Å². The van der Waals surface area contributed by atoms with Crippen molar-refractivity contribution in [2.45, 2.75) is 0 Å². The number of pyridine rings is 1. The fraction of sp³-hybridized carbons (Fsp3) is 0.400. The number of hydrogen-bond acceptors (Lipinski definition) is 4. The van der Waals surface area contributed by atoms with Crippen LogP contribution in [-0.2, 0) is 4.74 Å². The Labute approximate surface area is 88.4 Å². The Morgan fingerprint density at radius 2 is 2.20 bits per heavy atom. The second-order valence-electron chi connectivity index (χ2n) is 3.42. The largest absolute Gasteiger partial charge is 0.384 e. The molecule has 1 aromatic rings. The first kappa shape index (κ1) is 9.92. The van der Waals surface area contributed by atoms with Gasteiger partial charge in [0.25, 0.3) is 0 Å². The molecule has 1 aliphatic rings. The van der Waals surface area contributed by atoms with E-state index in [-0.39, 0.29) is 5.84 Å². The minimum absolute atomic E-state index is 0.0758. The number of amidine groups is 1. The zero-order chi connectivity index (χ0) is 10.7. The molecule has 1 aromatic heterocycles. The molecular formula is C10H14N4O. The third kappa shape index (κ3) is 2.24. The molecular weight excluding hydrogens is 192 g/mol. The second kappa shape index (κ2) is 4.27. The van der Waals surface area contributed by atoms with Gasteiger partial charge in [-0.1, -0.05) is 0 Å². The molecule has 1 aliphatic heterocycles.